The molecule has 0 aromatic heterocycles. The number of aliphatic imine (C=N–C) groups is 1. The first-order valence-electron chi connectivity index (χ1n) is 6.20. The van der Waals surface area contributed by atoms with E-state index in [2.05, 4.69) is 20.5 Å². The Kier molecular flexibility index (Phi) is 4.26. The lowest BCUT2D eigenvalue weighted by atomic mass is 10.1. The number of nitrogens with zero attached hydrogens (tertiary/aromatic N) is 2. The molecule has 1 saturated heterocycles. The van der Waals surface area contributed by atoms with Crippen molar-refractivity contribution in [1.29, 1.82) is 0 Å². The molecule has 0 atom stereocenters. The number of hydrogen-bond donors (Lipinski definition) is 2. The highest BCUT2D eigenvalue weighted by Gasteiger charge is 2.09. The van der Waals surface area contributed by atoms with E-state index in [0.717, 1.165) is 38.6 Å². The SMILES string of the molecule is C1CCN(CCNC2=NCCCN2)CC1. The van der Waals surface area contributed by atoms with E-state index in [0.29, 0.717) is 0 Å². The van der Waals surface area contributed by atoms with Crippen LogP contribution in [0.15, 0.2) is 4.99 Å². The van der Waals surface area contributed by atoms with Crippen LogP contribution < -0.4 is 10.6 Å². The highest BCUT2D eigenvalue weighted by atomic mass is 15.2. The molecule has 0 saturated carbocycles. The molecule has 0 amide bonds. The monoisotopic (exact) mass is 210 g/mol. The van der Waals surface area contributed by atoms with E-state index in [1.807, 2.05) is 0 Å². The molecule has 15 heavy (non-hydrogen) atoms. The van der Waals surface area contributed by atoms with E-state index in [1.54, 1.807) is 0 Å². The molecule has 4 nitrogen and oxygen atoms in total. The topological polar surface area (TPSA) is 39.7 Å². The van der Waals surface area contributed by atoms with Crippen LogP contribution in [0, 0.1) is 0 Å². The molecule has 0 spiro atoms. The molecule has 0 aromatic carbocycles. The molecule has 2 rings (SSSR count). The molecule has 2 aliphatic rings. The Morgan fingerprint density at radius 3 is 2.80 bits per heavy atom. The molecule has 2 N–H and O–H groups in total. The van der Waals surface area contributed by atoms with Gasteiger partial charge in [-0.15, -0.1) is 0 Å². The Morgan fingerprint density at radius 1 is 1.20 bits per heavy atom. The number of likely N-dealkylation sites (tertiary alicyclic amines) is 1. The van der Waals surface area contributed by atoms with Gasteiger partial charge in [-0.3, -0.25) is 4.99 Å². The highest BCUT2D eigenvalue weighted by molar-refractivity contribution is 5.80. The van der Waals surface area contributed by atoms with E-state index in [9.17, 15) is 0 Å². The minimum atomic E-state index is 0.971. The predicted octanol–water partition coefficient (Wildman–Crippen LogP) is 0.411. The summed E-state index contributed by atoms with van der Waals surface area (Å²) in [5.41, 5.74) is 0. The van der Waals surface area contributed by atoms with Gasteiger partial charge in [0.1, 0.15) is 0 Å². The molecule has 0 aliphatic carbocycles. The fourth-order valence-corrected chi connectivity index (χ4v) is 2.17. The second-order valence-electron chi connectivity index (χ2n) is 4.34. The largest absolute Gasteiger partial charge is 0.356 e. The third-order valence-electron chi connectivity index (χ3n) is 3.07. The van der Waals surface area contributed by atoms with E-state index in [1.165, 1.54) is 32.4 Å². The first-order chi connectivity index (χ1) is 7.45. The average molecular weight is 210 g/mol. The summed E-state index contributed by atoms with van der Waals surface area (Å²) in [5, 5.41) is 6.64. The van der Waals surface area contributed by atoms with Gasteiger partial charge in [-0.1, -0.05) is 6.42 Å². The summed E-state index contributed by atoms with van der Waals surface area (Å²) in [4.78, 5) is 6.93. The van der Waals surface area contributed by atoms with Gasteiger partial charge in [0.15, 0.2) is 5.96 Å². The lowest BCUT2D eigenvalue weighted by Crippen LogP contribution is -2.44. The van der Waals surface area contributed by atoms with Gasteiger partial charge in [0.2, 0.25) is 0 Å². The van der Waals surface area contributed by atoms with Crippen molar-refractivity contribution in [2.24, 2.45) is 4.99 Å². The summed E-state index contributed by atoms with van der Waals surface area (Å²) in [6.07, 6.45) is 5.33. The van der Waals surface area contributed by atoms with Crippen LogP contribution in [0.25, 0.3) is 0 Å². The third kappa shape index (κ3) is 3.70. The van der Waals surface area contributed by atoms with E-state index in [4.69, 9.17) is 0 Å². The molecule has 86 valence electrons. The summed E-state index contributed by atoms with van der Waals surface area (Å²) in [6, 6.07) is 0. The molecule has 4 heteroatoms. The molecule has 0 bridgehead atoms. The predicted molar refractivity (Wildman–Crippen MR) is 63.2 cm³/mol. The Balaban J connectivity index is 1.59. The zero-order valence-corrected chi connectivity index (χ0v) is 9.47. The van der Waals surface area contributed by atoms with Gasteiger partial charge in [0.25, 0.3) is 0 Å². The van der Waals surface area contributed by atoms with Crippen molar-refractivity contribution >= 4 is 5.96 Å². The first-order valence-corrected chi connectivity index (χ1v) is 6.20. The molecule has 1 fully saturated rings. The summed E-state index contributed by atoms with van der Waals surface area (Å²) in [7, 11) is 0. The lowest BCUT2D eigenvalue weighted by molar-refractivity contribution is 0.232. The van der Waals surface area contributed by atoms with Gasteiger partial charge in [0.05, 0.1) is 0 Å². The standard InChI is InChI=1S/C11H22N4/c1-2-8-15(9-3-1)10-7-14-11-12-5-4-6-13-11/h1-10H2,(H2,12,13,14). The normalized spacial score (nSPS) is 23.1. The van der Waals surface area contributed by atoms with Gasteiger partial charge < -0.3 is 15.5 Å². The maximum Gasteiger partial charge on any atom is 0.191 e. The van der Waals surface area contributed by atoms with E-state index >= 15 is 0 Å². The van der Waals surface area contributed by atoms with Crippen LogP contribution in [0.4, 0.5) is 0 Å². The van der Waals surface area contributed by atoms with Gasteiger partial charge in [-0.25, -0.2) is 0 Å². The van der Waals surface area contributed by atoms with Crippen LogP contribution in [0.3, 0.4) is 0 Å². The number of rotatable bonds is 3. The smallest absolute Gasteiger partial charge is 0.191 e. The second kappa shape index (κ2) is 5.95. The lowest BCUT2D eigenvalue weighted by Gasteiger charge is -2.27. The van der Waals surface area contributed by atoms with Gasteiger partial charge in [0, 0.05) is 26.2 Å². The number of nitrogens with one attached hydrogen (secondary N) is 2. The zero-order chi connectivity index (χ0) is 10.3. The summed E-state index contributed by atoms with van der Waals surface area (Å²) >= 11 is 0. The molecular weight excluding hydrogens is 188 g/mol. The van der Waals surface area contributed by atoms with Crippen molar-refractivity contribution in [3.63, 3.8) is 0 Å². The molecule has 2 aliphatic heterocycles. The minimum absolute atomic E-state index is 0.971. The highest BCUT2D eigenvalue weighted by Crippen LogP contribution is 2.07. The van der Waals surface area contributed by atoms with Crippen LogP contribution in [-0.2, 0) is 0 Å². The quantitative estimate of drug-likeness (QED) is 0.709. The van der Waals surface area contributed by atoms with Crippen LogP contribution in [0.2, 0.25) is 0 Å². The zero-order valence-electron chi connectivity index (χ0n) is 9.47. The van der Waals surface area contributed by atoms with Crippen LogP contribution in [-0.4, -0.2) is 50.1 Å². The van der Waals surface area contributed by atoms with Crippen LogP contribution in [0.1, 0.15) is 25.7 Å². The molecule has 2 heterocycles. The number of hydrogen-bond acceptors (Lipinski definition) is 4. The van der Waals surface area contributed by atoms with Crippen molar-refractivity contribution in [2.75, 3.05) is 39.3 Å². The van der Waals surface area contributed by atoms with Gasteiger partial charge in [-0.2, -0.15) is 0 Å². The van der Waals surface area contributed by atoms with Crippen molar-refractivity contribution in [2.45, 2.75) is 25.7 Å². The van der Waals surface area contributed by atoms with Crippen molar-refractivity contribution in [1.82, 2.24) is 15.5 Å². The third-order valence-corrected chi connectivity index (χ3v) is 3.07. The molecular formula is C11H22N4. The average Bonchev–Trinajstić information content (AvgIpc) is 2.32. The summed E-state index contributed by atoms with van der Waals surface area (Å²) in [6.45, 7) is 6.77. The van der Waals surface area contributed by atoms with Gasteiger partial charge >= 0.3 is 0 Å². The minimum Gasteiger partial charge on any atom is -0.356 e. The van der Waals surface area contributed by atoms with Crippen molar-refractivity contribution < 1.29 is 0 Å². The summed E-state index contributed by atoms with van der Waals surface area (Å²) in [5.74, 6) is 0.998. The molecule has 0 radical (unpaired) electrons. The first kappa shape index (κ1) is 10.7. The summed E-state index contributed by atoms with van der Waals surface area (Å²) < 4.78 is 0. The fourth-order valence-electron chi connectivity index (χ4n) is 2.17. The maximum absolute atomic E-state index is 4.39. The van der Waals surface area contributed by atoms with Crippen molar-refractivity contribution in [3.8, 4) is 0 Å². The Bertz CT molecular complexity index is 209. The number of piperidine rings is 1. The van der Waals surface area contributed by atoms with E-state index < -0.39 is 0 Å². The maximum atomic E-state index is 4.39. The van der Waals surface area contributed by atoms with E-state index in [-0.39, 0.29) is 0 Å². The fraction of sp³-hybridized carbons (Fsp3) is 0.909. The molecule has 0 unspecified atom stereocenters. The van der Waals surface area contributed by atoms with Crippen LogP contribution >= 0.6 is 0 Å². The van der Waals surface area contributed by atoms with Gasteiger partial charge in [-0.05, 0) is 32.4 Å². The number of guanidine groups is 1. The van der Waals surface area contributed by atoms with Crippen LogP contribution in [0.5, 0.6) is 0 Å². The van der Waals surface area contributed by atoms with Crippen molar-refractivity contribution in [3.05, 3.63) is 0 Å². The second-order valence-corrected chi connectivity index (χ2v) is 4.34. The Labute approximate surface area is 92.1 Å². The molecule has 0 aromatic rings. The Morgan fingerprint density at radius 2 is 2.07 bits per heavy atom. The Hall–Kier alpha value is -0.770.